The molecule has 0 bridgehead atoms. The fourth-order valence-corrected chi connectivity index (χ4v) is 2.69. The third kappa shape index (κ3) is 2.67. The van der Waals surface area contributed by atoms with Gasteiger partial charge in [-0.05, 0) is 35.6 Å². The van der Waals surface area contributed by atoms with Gasteiger partial charge in [0.15, 0.2) is 5.78 Å². The minimum atomic E-state index is -0.765. The fraction of sp³-hybridized carbons (Fsp3) is 0.200. The Morgan fingerprint density at radius 2 is 2.00 bits per heavy atom. The molecule has 4 heteroatoms. The van der Waals surface area contributed by atoms with Crippen molar-refractivity contribution in [2.45, 2.75) is 12.8 Å². The van der Waals surface area contributed by atoms with Gasteiger partial charge in [0.2, 0.25) is 0 Å². The van der Waals surface area contributed by atoms with Gasteiger partial charge >= 0.3 is 0 Å². The highest BCUT2D eigenvalue weighted by Gasteiger charge is 2.23. The van der Waals surface area contributed by atoms with Crippen molar-refractivity contribution < 1.29 is 9.53 Å². The number of rotatable bonds is 4. The van der Waals surface area contributed by atoms with Crippen LogP contribution in [0, 0.1) is 18.3 Å². The summed E-state index contributed by atoms with van der Waals surface area (Å²) in [7, 11) is 1.58. The molecule has 0 aliphatic rings. The molecular weight excluding hydrogens is 258 g/mol. The Labute approximate surface area is 116 Å². The van der Waals surface area contributed by atoms with Crippen molar-refractivity contribution in [1.82, 2.24) is 0 Å². The number of Topliss-reactive ketones (excluding diaryl/α,β-unsaturated/α-hetero) is 1. The summed E-state index contributed by atoms with van der Waals surface area (Å²) in [6, 6.07) is 9.11. The maximum absolute atomic E-state index is 12.4. The summed E-state index contributed by atoms with van der Waals surface area (Å²) >= 11 is 1.47. The Morgan fingerprint density at radius 3 is 2.47 bits per heavy atom. The van der Waals surface area contributed by atoms with Gasteiger partial charge in [0.1, 0.15) is 11.7 Å². The van der Waals surface area contributed by atoms with Crippen LogP contribution < -0.4 is 4.74 Å². The minimum Gasteiger partial charge on any atom is -0.497 e. The number of nitrogens with zero attached hydrogens (tertiary/aromatic N) is 1. The number of ether oxygens (including phenoxy) is 1. The van der Waals surface area contributed by atoms with E-state index in [1.807, 2.05) is 12.3 Å². The van der Waals surface area contributed by atoms with Crippen LogP contribution in [0.3, 0.4) is 0 Å². The maximum atomic E-state index is 12.4. The Kier molecular flexibility index (Phi) is 3.98. The zero-order valence-electron chi connectivity index (χ0n) is 10.7. The molecule has 2 rings (SSSR count). The summed E-state index contributed by atoms with van der Waals surface area (Å²) in [6.07, 6.45) is 0. The molecule has 19 heavy (non-hydrogen) atoms. The lowest BCUT2D eigenvalue weighted by Crippen LogP contribution is -2.11. The van der Waals surface area contributed by atoms with E-state index in [-0.39, 0.29) is 5.78 Å². The number of carbonyl (C=O) groups is 1. The molecule has 0 N–H and O–H groups in total. The summed E-state index contributed by atoms with van der Waals surface area (Å²) in [5, 5.41) is 13.0. The van der Waals surface area contributed by atoms with Gasteiger partial charge in [-0.2, -0.15) is 16.6 Å². The summed E-state index contributed by atoms with van der Waals surface area (Å²) in [5.74, 6) is -0.203. The van der Waals surface area contributed by atoms with Gasteiger partial charge in [0.25, 0.3) is 0 Å². The summed E-state index contributed by atoms with van der Waals surface area (Å²) in [5.41, 5.74) is 2.25. The number of thiophene rings is 1. The van der Waals surface area contributed by atoms with E-state index in [0.29, 0.717) is 16.9 Å². The Balaban J connectivity index is 2.32. The normalized spacial score (nSPS) is 11.6. The number of hydrogen-bond acceptors (Lipinski definition) is 4. The van der Waals surface area contributed by atoms with Crippen molar-refractivity contribution in [1.29, 1.82) is 5.26 Å². The van der Waals surface area contributed by atoms with Crippen LogP contribution in [0.1, 0.15) is 27.4 Å². The first kappa shape index (κ1) is 13.3. The van der Waals surface area contributed by atoms with Crippen molar-refractivity contribution in [2.75, 3.05) is 7.11 Å². The number of nitriles is 1. The zero-order chi connectivity index (χ0) is 13.8. The highest BCUT2D eigenvalue weighted by molar-refractivity contribution is 7.08. The first-order valence-electron chi connectivity index (χ1n) is 5.78. The highest BCUT2D eigenvalue weighted by atomic mass is 32.1. The van der Waals surface area contributed by atoms with E-state index in [4.69, 9.17) is 4.74 Å². The van der Waals surface area contributed by atoms with Gasteiger partial charge < -0.3 is 4.74 Å². The predicted octanol–water partition coefficient (Wildman–Crippen LogP) is 3.56. The average molecular weight is 271 g/mol. The number of benzene rings is 1. The van der Waals surface area contributed by atoms with E-state index in [2.05, 4.69) is 6.07 Å². The molecule has 0 saturated carbocycles. The van der Waals surface area contributed by atoms with Crippen LogP contribution in [-0.4, -0.2) is 12.9 Å². The monoisotopic (exact) mass is 271 g/mol. The van der Waals surface area contributed by atoms with E-state index in [1.165, 1.54) is 11.3 Å². The quantitative estimate of drug-likeness (QED) is 0.799. The number of methoxy groups -OCH3 is 1. The van der Waals surface area contributed by atoms with E-state index >= 15 is 0 Å². The van der Waals surface area contributed by atoms with Crippen molar-refractivity contribution >= 4 is 17.1 Å². The SMILES string of the molecule is COc1ccc(C(C#N)C(=O)c2cscc2C)cc1. The van der Waals surface area contributed by atoms with Crippen molar-refractivity contribution in [3.05, 3.63) is 51.7 Å². The molecule has 2 aromatic rings. The van der Waals surface area contributed by atoms with Gasteiger partial charge in [-0.15, -0.1) is 0 Å². The molecule has 1 heterocycles. The second-order valence-corrected chi connectivity index (χ2v) is 4.91. The minimum absolute atomic E-state index is 0.147. The molecule has 1 unspecified atom stereocenters. The fourth-order valence-electron chi connectivity index (χ4n) is 1.85. The van der Waals surface area contributed by atoms with Gasteiger partial charge in [0, 0.05) is 10.9 Å². The third-order valence-electron chi connectivity index (χ3n) is 2.96. The second-order valence-electron chi connectivity index (χ2n) is 4.17. The van der Waals surface area contributed by atoms with Crippen LogP contribution >= 0.6 is 11.3 Å². The topological polar surface area (TPSA) is 50.1 Å². The number of ketones is 1. The lowest BCUT2D eigenvalue weighted by molar-refractivity contribution is 0.0978. The summed E-state index contributed by atoms with van der Waals surface area (Å²) in [4.78, 5) is 12.4. The Bertz CT molecular complexity index is 622. The van der Waals surface area contributed by atoms with E-state index in [0.717, 1.165) is 5.56 Å². The highest BCUT2D eigenvalue weighted by Crippen LogP contribution is 2.25. The molecule has 0 aliphatic heterocycles. The standard InChI is InChI=1S/C15H13NO2S/c1-10-8-19-9-14(10)15(17)13(7-16)11-3-5-12(18-2)6-4-11/h3-6,8-9,13H,1-2H3. The first-order chi connectivity index (χ1) is 9.17. The average Bonchev–Trinajstić information content (AvgIpc) is 2.86. The maximum Gasteiger partial charge on any atom is 0.185 e. The largest absolute Gasteiger partial charge is 0.497 e. The van der Waals surface area contributed by atoms with Gasteiger partial charge in [0.05, 0.1) is 13.2 Å². The molecule has 1 aromatic carbocycles. The molecule has 0 radical (unpaired) electrons. The van der Waals surface area contributed by atoms with Crippen LogP contribution in [-0.2, 0) is 0 Å². The van der Waals surface area contributed by atoms with Gasteiger partial charge in [-0.3, -0.25) is 4.79 Å². The molecule has 0 aliphatic carbocycles. The van der Waals surface area contributed by atoms with E-state index in [9.17, 15) is 10.1 Å². The Morgan fingerprint density at radius 1 is 1.32 bits per heavy atom. The number of hydrogen-bond donors (Lipinski definition) is 0. The molecule has 0 fully saturated rings. The zero-order valence-corrected chi connectivity index (χ0v) is 11.5. The molecule has 96 valence electrons. The molecule has 0 amide bonds. The third-order valence-corrected chi connectivity index (χ3v) is 3.82. The summed E-state index contributed by atoms with van der Waals surface area (Å²) in [6.45, 7) is 1.88. The van der Waals surface area contributed by atoms with E-state index in [1.54, 1.807) is 36.8 Å². The molecule has 1 aromatic heterocycles. The van der Waals surface area contributed by atoms with Crippen LogP contribution in [0.15, 0.2) is 35.0 Å². The summed E-state index contributed by atoms with van der Waals surface area (Å²) < 4.78 is 5.07. The van der Waals surface area contributed by atoms with Gasteiger partial charge in [-0.25, -0.2) is 0 Å². The van der Waals surface area contributed by atoms with Crippen LogP contribution in [0.2, 0.25) is 0 Å². The number of carbonyl (C=O) groups excluding carboxylic acids is 1. The lowest BCUT2D eigenvalue weighted by Gasteiger charge is -2.09. The molecular formula is C15H13NO2S. The van der Waals surface area contributed by atoms with Crippen LogP contribution in [0.5, 0.6) is 5.75 Å². The predicted molar refractivity (Wildman–Crippen MR) is 74.7 cm³/mol. The van der Waals surface area contributed by atoms with Crippen molar-refractivity contribution in [2.24, 2.45) is 0 Å². The van der Waals surface area contributed by atoms with Gasteiger partial charge in [-0.1, -0.05) is 12.1 Å². The molecule has 0 spiro atoms. The van der Waals surface area contributed by atoms with Crippen molar-refractivity contribution in [3.8, 4) is 11.8 Å². The molecule has 1 atom stereocenters. The van der Waals surface area contributed by atoms with Crippen LogP contribution in [0.25, 0.3) is 0 Å². The Hall–Kier alpha value is -2.12. The smallest absolute Gasteiger partial charge is 0.185 e. The molecule has 3 nitrogen and oxygen atoms in total. The van der Waals surface area contributed by atoms with Crippen molar-refractivity contribution in [3.63, 3.8) is 0 Å². The number of aryl methyl sites for hydroxylation is 1. The first-order valence-corrected chi connectivity index (χ1v) is 6.72. The molecule has 0 saturated heterocycles. The second kappa shape index (κ2) is 5.68. The van der Waals surface area contributed by atoms with Crippen LogP contribution in [0.4, 0.5) is 0 Å². The lowest BCUT2D eigenvalue weighted by atomic mass is 9.92. The van der Waals surface area contributed by atoms with E-state index < -0.39 is 5.92 Å².